The van der Waals surface area contributed by atoms with Crippen molar-refractivity contribution in [3.05, 3.63) is 0 Å². The molecular weight excluding hydrogens is 230 g/mol. The number of hydroxylamine groups is 2. The van der Waals surface area contributed by atoms with Gasteiger partial charge < -0.3 is 4.43 Å². The third-order valence-electron chi connectivity index (χ3n) is 4.21. The monoisotopic (exact) mass is 259 g/mol. The number of rotatable bonds is 3. The molecule has 1 fully saturated rings. The van der Waals surface area contributed by atoms with Crippen molar-refractivity contribution >= 4 is 8.32 Å². The highest BCUT2D eigenvalue weighted by atomic mass is 28.4. The maximum absolute atomic E-state index is 6.43. The number of nitrogens with zero attached hydrogens (tertiary/aromatic N) is 1. The summed E-state index contributed by atoms with van der Waals surface area (Å²) in [5.74, 6) is -0.432. The first kappa shape index (κ1) is 15.2. The Morgan fingerprint density at radius 2 is 1.94 bits per heavy atom. The maximum Gasteiger partial charge on any atom is 0.195 e. The lowest BCUT2D eigenvalue weighted by Crippen LogP contribution is -2.48. The van der Waals surface area contributed by atoms with E-state index in [1.807, 2.05) is 12.1 Å². The van der Waals surface area contributed by atoms with E-state index in [0.29, 0.717) is 6.04 Å². The summed E-state index contributed by atoms with van der Waals surface area (Å²) < 4.78 is 6.43. The molecule has 0 N–H and O–H groups in total. The molecule has 1 rings (SSSR count). The van der Waals surface area contributed by atoms with E-state index in [1.54, 1.807) is 0 Å². The fourth-order valence-corrected chi connectivity index (χ4v) is 3.63. The summed E-state index contributed by atoms with van der Waals surface area (Å²) in [4.78, 5) is 5.93. The Hall–Kier alpha value is 0.0969. The summed E-state index contributed by atoms with van der Waals surface area (Å²) in [5.41, 5.74) is 0. The van der Waals surface area contributed by atoms with Gasteiger partial charge in [0.1, 0.15) is 0 Å². The molecule has 0 aliphatic carbocycles. The van der Waals surface area contributed by atoms with Crippen molar-refractivity contribution < 1.29 is 9.26 Å². The molecule has 0 amide bonds. The van der Waals surface area contributed by atoms with E-state index in [0.717, 1.165) is 12.8 Å². The Balaban J connectivity index is 2.76. The van der Waals surface area contributed by atoms with Crippen molar-refractivity contribution in [2.24, 2.45) is 0 Å². The van der Waals surface area contributed by atoms with E-state index in [-0.39, 0.29) is 5.04 Å². The Labute approximate surface area is 108 Å². The molecule has 1 heterocycles. The third-order valence-corrected chi connectivity index (χ3v) is 8.76. The van der Waals surface area contributed by atoms with E-state index in [4.69, 9.17) is 9.26 Å². The molecule has 1 aliphatic rings. The lowest BCUT2D eigenvalue weighted by atomic mass is 10.1. The van der Waals surface area contributed by atoms with Crippen LogP contribution in [0.15, 0.2) is 0 Å². The summed E-state index contributed by atoms with van der Waals surface area (Å²) in [6, 6.07) is 0.477. The molecule has 102 valence electrons. The standard InChI is InChI=1S/C13H29NO2Si/c1-9-11-10-13(5,15-14(11)6)16-17(7,8)12(2,3)4/h11H,9-10H2,1-8H3/t11-,13-/m1/s1. The van der Waals surface area contributed by atoms with Crippen LogP contribution in [0.1, 0.15) is 47.5 Å². The molecule has 2 atom stereocenters. The van der Waals surface area contributed by atoms with E-state index >= 15 is 0 Å². The molecule has 0 aromatic heterocycles. The summed E-state index contributed by atoms with van der Waals surface area (Å²) in [7, 11) is 0.242. The molecule has 0 aromatic rings. The van der Waals surface area contributed by atoms with Gasteiger partial charge in [0.15, 0.2) is 14.1 Å². The van der Waals surface area contributed by atoms with Crippen LogP contribution in [0.3, 0.4) is 0 Å². The van der Waals surface area contributed by atoms with E-state index < -0.39 is 14.1 Å². The van der Waals surface area contributed by atoms with E-state index in [2.05, 4.69) is 47.7 Å². The average molecular weight is 259 g/mol. The minimum absolute atomic E-state index is 0.224. The summed E-state index contributed by atoms with van der Waals surface area (Å²) in [5, 5.41) is 2.19. The van der Waals surface area contributed by atoms with Gasteiger partial charge in [-0.15, -0.1) is 0 Å². The quantitative estimate of drug-likeness (QED) is 0.720. The van der Waals surface area contributed by atoms with Gasteiger partial charge in [0, 0.05) is 19.5 Å². The van der Waals surface area contributed by atoms with Crippen LogP contribution in [0.25, 0.3) is 0 Å². The van der Waals surface area contributed by atoms with Crippen LogP contribution in [0.4, 0.5) is 0 Å². The van der Waals surface area contributed by atoms with E-state index in [9.17, 15) is 0 Å². The first-order valence-electron chi connectivity index (χ1n) is 6.63. The summed E-state index contributed by atoms with van der Waals surface area (Å²) >= 11 is 0. The van der Waals surface area contributed by atoms with Crippen LogP contribution < -0.4 is 0 Å². The molecule has 4 heteroatoms. The van der Waals surface area contributed by atoms with Gasteiger partial charge in [0.05, 0.1) is 0 Å². The first-order chi connectivity index (χ1) is 7.51. The fraction of sp³-hybridized carbons (Fsp3) is 1.00. The smallest absolute Gasteiger partial charge is 0.195 e. The Kier molecular flexibility index (Phi) is 4.14. The van der Waals surface area contributed by atoms with Crippen LogP contribution in [0.5, 0.6) is 0 Å². The predicted octanol–water partition coefficient (Wildman–Crippen LogP) is 3.77. The first-order valence-corrected chi connectivity index (χ1v) is 9.54. The number of hydrogen-bond acceptors (Lipinski definition) is 3. The fourth-order valence-electron chi connectivity index (χ4n) is 2.13. The summed E-state index contributed by atoms with van der Waals surface area (Å²) in [6.45, 7) is 15.6. The minimum atomic E-state index is -1.77. The van der Waals surface area contributed by atoms with Crippen LogP contribution in [-0.4, -0.2) is 32.3 Å². The lowest BCUT2D eigenvalue weighted by Gasteiger charge is -2.41. The molecule has 1 aliphatic heterocycles. The molecule has 0 saturated carbocycles. The molecule has 0 unspecified atom stereocenters. The normalized spacial score (nSPS) is 32.1. The average Bonchev–Trinajstić information content (AvgIpc) is 2.37. The highest BCUT2D eigenvalue weighted by Crippen LogP contribution is 2.42. The molecule has 17 heavy (non-hydrogen) atoms. The maximum atomic E-state index is 6.43. The van der Waals surface area contributed by atoms with Crippen LogP contribution in [0, 0.1) is 0 Å². The lowest BCUT2D eigenvalue weighted by molar-refractivity contribution is -0.259. The molecule has 0 bridgehead atoms. The van der Waals surface area contributed by atoms with Gasteiger partial charge in [-0.1, -0.05) is 27.7 Å². The second-order valence-electron chi connectivity index (χ2n) is 6.90. The third kappa shape index (κ3) is 3.31. The molecule has 0 spiro atoms. The highest BCUT2D eigenvalue weighted by Gasteiger charge is 2.48. The zero-order chi connectivity index (χ0) is 13.5. The van der Waals surface area contributed by atoms with Gasteiger partial charge in [-0.05, 0) is 31.5 Å². The highest BCUT2D eigenvalue weighted by molar-refractivity contribution is 6.74. The molecule has 3 nitrogen and oxygen atoms in total. The zero-order valence-corrected chi connectivity index (χ0v) is 13.8. The van der Waals surface area contributed by atoms with Crippen molar-refractivity contribution in [2.45, 2.75) is 77.4 Å². The molecule has 0 radical (unpaired) electrons. The van der Waals surface area contributed by atoms with Crippen molar-refractivity contribution in [3.8, 4) is 0 Å². The largest absolute Gasteiger partial charge is 0.389 e. The van der Waals surface area contributed by atoms with Crippen molar-refractivity contribution in [3.63, 3.8) is 0 Å². The summed E-state index contributed by atoms with van der Waals surface area (Å²) in [6.07, 6.45) is 2.07. The van der Waals surface area contributed by atoms with Crippen molar-refractivity contribution in [1.29, 1.82) is 0 Å². The molecular formula is C13H29NO2Si. The van der Waals surface area contributed by atoms with Crippen LogP contribution >= 0.6 is 0 Å². The topological polar surface area (TPSA) is 21.7 Å². The Morgan fingerprint density at radius 1 is 1.41 bits per heavy atom. The van der Waals surface area contributed by atoms with E-state index in [1.165, 1.54) is 0 Å². The second-order valence-corrected chi connectivity index (χ2v) is 11.6. The van der Waals surface area contributed by atoms with Gasteiger partial charge in [-0.2, -0.15) is 5.06 Å². The van der Waals surface area contributed by atoms with Gasteiger partial charge in [-0.3, -0.25) is 4.84 Å². The van der Waals surface area contributed by atoms with Crippen molar-refractivity contribution in [2.75, 3.05) is 7.05 Å². The van der Waals surface area contributed by atoms with Gasteiger partial charge in [-0.25, -0.2) is 0 Å². The Morgan fingerprint density at radius 3 is 2.29 bits per heavy atom. The van der Waals surface area contributed by atoms with Crippen molar-refractivity contribution in [1.82, 2.24) is 5.06 Å². The number of hydrogen-bond donors (Lipinski definition) is 0. The molecule has 1 saturated heterocycles. The Bertz CT molecular complexity index is 275. The van der Waals surface area contributed by atoms with Gasteiger partial charge in [0.25, 0.3) is 0 Å². The predicted molar refractivity (Wildman–Crippen MR) is 74.2 cm³/mol. The second kappa shape index (κ2) is 4.65. The minimum Gasteiger partial charge on any atom is -0.389 e. The van der Waals surface area contributed by atoms with Gasteiger partial charge in [0.2, 0.25) is 0 Å². The molecule has 0 aromatic carbocycles. The van der Waals surface area contributed by atoms with Crippen LogP contribution in [-0.2, 0) is 9.26 Å². The SMILES string of the molecule is CC[C@@H]1C[C@@](C)(O[Si](C)(C)C(C)(C)C)ON1C. The zero-order valence-electron chi connectivity index (χ0n) is 12.8. The van der Waals surface area contributed by atoms with Gasteiger partial charge >= 0.3 is 0 Å². The van der Waals surface area contributed by atoms with Crippen LogP contribution in [0.2, 0.25) is 18.1 Å².